The third kappa shape index (κ3) is 4.07. The van der Waals surface area contributed by atoms with Crippen molar-refractivity contribution in [1.29, 1.82) is 0 Å². The Morgan fingerprint density at radius 1 is 1.25 bits per heavy atom. The molecule has 146 valence electrons. The third-order valence-electron chi connectivity index (χ3n) is 4.39. The Morgan fingerprint density at radius 2 is 2.00 bits per heavy atom. The van der Waals surface area contributed by atoms with Crippen molar-refractivity contribution < 1.29 is 24.2 Å². The highest BCUT2D eigenvalue weighted by molar-refractivity contribution is 7.18. The predicted octanol–water partition coefficient (Wildman–Crippen LogP) is 3.39. The van der Waals surface area contributed by atoms with Crippen LogP contribution < -0.4 is 4.74 Å². The molecule has 7 nitrogen and oxygen atoms in total. The number of hydrogen-bond acceptors (Lipinski definition) is 7. The molecule has 2 aromatic carbocycles. The number of carbonyl (C=O) groups excluding carboxylic acids is 2. The van der Waals surface area contributed by atoms with Crippen molar-refractivity contribution in [3.8, 4) is 11.5 Å². The SMILES string of the molecule is COc1ccc(C(=O)OCC(=O)N(C)[C@@H](C)c2nc3ccccc3s2)c(O)c1. The molecular weight excluding hydrogens is 380 g/mol. The van der Waals surface area contributed by atoms with E-state index < -0.39 is 12.6 Å². The molecule has 0 saturated heterocycles. The number of aromatic nitrogens is 1. The van der Waals surface area contributed by atoms with Crippen molar-refractivity contribution in [3.63, 3.8) is 0 Å². The Labute approximate surface area is 166 Å². The average molecular weight is 400 g/mol. The van der Waals surface area contributed by atoms with E-state index in [2.05, 4.69) is 4.98 Å². The molecule has 0 saturated carbocycles. The number of fused-ring (bicyclic) bond motifs is 1. The number of benzene rings is 2. The van der Waals surface area contributed by atoms with Crippen molar-refractivity contribution in [2.24, 2.45) is 0 Å². The smallest absolute Gasteiger partial charge is 0.342 e. The lowest BCUT2D eigenvalue weighted by Gasteiger charge is -2.23. The van der Waals surface area contributed by atoms with Crippen LogP contribution in [0.3, 0.4) is 0 Å². The van der Waals surface area contributed by atoms with Gasteiger partial charge in [-0.25, -0.2) is 9.78 Å². The number of phenolic OH excluding ortho intramolecular Hbond substituents is 1. The summed E-state index contributed by atoms with van der Waals surface area (Å²) < 4.78 is 11.1. The highest BCUT2D eigenvalue weighted by Gasteiger charge is 2.22. The van der Waals surface area contributed by atoms with Crippen LogP contribution in [0.4, 0.5) is 0 Å². The van der Waals surface area contributed by atoms with Crippen LogP contribution in [0.2, 0.25) is 0 Å². The zero-order valence-corrected chi connectivity index (χ0v) is 16.5. The van der Waals surface area contributed by atoms with E-state index in [1.165, 1.54) is 41.5 Å². The maximum Gasteiger partial charge on any atom is 0.342 e. The van der Waals surface area contributed by atoms with Crippen molar-refractivity contribution in [3.05, 3.63) is 53.0 Å². The van der Waals surface area contributed by atoms with Gasteiger partial charge in [-0.1, -0.05) is 12.1 Å². The summed E-state index contributed by atoms with van der Waals surface area (Å²) in [5, 5.41) is 10.7. The second kappa shape index (κ2) is 8.26. The number of likely N-dealkylation sites (N-methyl/N-ethyl adjacent to an activating group) is 1. The summed E-state index contributed by atoms with van der Waals surface area (Å²) in [5.41, 5.74) is 0.854. The number of aromatic hydroxyl groups is 1. The molecule has 0 radical (unpaired) electrons. The Morgan fingerprint density at radius 3 is 2.68 bits per heavy atom. The van der Waals surface area contributed by atoms with Gasteiger partial charge in [0.25, 0.3) is 5.91 Å². The van der Waals surface area contributed by atoms with Crippen molar-refractivity contribution in [2.75, 3.05) is 20.8 Å². The number of nitrogens with zero attached hydrogens (tertiary/aromatic N) is 2. The topological polar surface area (TPSA) is 89.0 Å². The molecule has 0 unspecified atom stereocenters. The summed E-state index contributed by atoms with van der Waals surface area (Å²) in [6, 6.07) is 11.7. The molecule has 28 heavy (non-hydrogen) atoms. The molecule has 0 bridgehead atoms. The fourth-order valence-corrected chi connectivity index (χ4v) is 3.63. The second-order valence-electron chi connectivity index (χ2n) is 6.16. The molecule has 1 aromatic heterocycles. The Balaban J connectivity index is 1.62. The average Bonchev–Trinajstić information content (AvgIpc) is 3.14. The number of para-hydroxylation sites is 1. The lowest BCUT2D eigenvalue weighted by atomic mass is 10.2. The van der Waals surface area contributed by atoms with Gasteiger partial charge < -0.3 is 19.5 Å². The highest BCUT2D eigenvalue weighted by Crippen LogP contribution is 2.29. The molecule has 1 atom stereocenters. The molecule has 0 aliphatic rings. The van der Waals surface area contributed by atoms with E-state index in [0.29, 0.717) is 5.75 Å². The summed E-state index contributed by atoms with van der Waals surface area (Å²) in [7, 11) is 3.09. The van der Waals surface area contributed by atoms with Crippen molar-refractivity contribution in [1.82, 2.24) is 9.88 Å². The molecular formula is C20H20N2O5S. The van der Waals surface area contributed by atoms with Crippen LogP contribution in [-0.2, 0) is 9.53 Å². The lowest BCUT2D eigenvalue weighted by Crippen LogP contribution is -2.33. The minimum Gasteiger partial charge on any atom is -0.507 e. The second-order valence-corrected chi connectivity index (χ2v) is 7.22. The van der Waals surface area contributed by atoms with Gasteiger partial charge in [0.1, 0.15) is 22.1 Å². The van der Waals surface area contributed by atoms with Crippen LogP contribution in [0.5, 0.6) is 11.5 Å². The molecule has 3 aromatic rings. The Bertz CT molecular complexity index is 984. The van der Waals surface area contributed by atoms with E-state index in [1.807, 2.05) is 31.2 Å². The fourth-order valence-electron chi connectivity index (χ4n) is 2.57. The molecule has 0 aliphatic heterocycles. The first-order valence-electron chi connectivity index (χ1n) is 8.56. The van der Waals surface area contributed by atoms with Crippen molar-refractivity contribution >= 4 is 33.4 Å². The van der Waals surface area contributed by atoms with E-state index in [-0.39, 0.29) is 23.3 Å². The number of ether oxygens (including phenoxy) is 2. The number of thiazole rings is 1. The number of methoxy groups -OCH3 is 1. The quantitative estimate of drug-likeness (QED) is 0.638. The molecule has 1 N–H and O–H groups in total. The molecule has 0 spiro atoms. The first-order chi connectivity index (χ1) is 13.4. The van der Waals surface area contributed by atoms with Gasteiger partial charge in [-0.15, -0.1) is 11.3 Å². The van der Waals surface area contributed by atoms with Crippen LogP contribution >= 0.6 is 11.3 Å². The number of hydrogen-bond donors (Lipinski definition) is 1. The van der Waals surface area contributed by atoms with Gasteiger partial charge in [-0.3, -0.25) is 4.79 Å². The summed E-state index contributed by atoms with van der Waals surface area (Å²) in [6.45, 7) is 1.43. The monoisotopic (exact) mass is 400 g/mol. The van der Waals surface area contributed by atoms with E-state index in [9.17, 15) is 14.7 Å². The van der Waals surface area contributed by atoms with Gasteiger partial charge >= 0.3 is 5.97 Å². The molecule has 1 heterocycles. The maximum atomic E-state index is 12.4. The minimum absolute atomic E-state index is 0.0320. The molecule has 0 aliphatic carbocycles. The molecule has 1 amide bonds. The molecule has 3 rings (SSSR count). The number of amides is 1. The normalized spacial score (nSPS) is 11.8. The van der Waals surface area contributed by atoms with Gasteiger partial charge in [-0.2, -0.15) is 0 Å². The summed E-state index contributed by atoms with van der Waals surface area (Å²) in [4.78, 5) is 30.6. The van der Waals surface area contributed by atoms with Gasteiger partial charge in [0.15, 0.2) is 6.61 Å². The van der Waals surface area contributed by atoms with Gasteiger partial charge in [0, 0.05) is 13.1 Å². The first-order valence-corrected chi connectivity index (χ1v) is 9.37. The molecule has 0 fully saturated rings. The van der Waals surface area contributed by atoms with Gasteiger partial charge in [0.2, 0.25) is 0 Å². The Hall–Kier alpha value is -3.13. The minimum atomic E-state index is -0.783. The third-order valence-corrected chi connectivity index (χ3v) is 5.60. The van der Waals surface area contributed by atoms with Crippen LogP contribution in [0.1, 0.15) is 28.3 Å². The zero-order chi connectivity index (χ0) is 20.3. The van der Waals surface area contributed by atoms with Crippen LogP contribution in [0.15, 0.2) is 42.5 Å². The van der Waals surface area contributed by atoms with Crippen LogP contribution in [-0.4, -0.2) is 47.6 Å². The Kier molecular flexibility index (Phi) is 5.79. The predicted molar refractivity (Wildman–Crippen MR) is 106 cm³/mol. The number of carbonyl (C=O) groups is 2. The van der Waals surface area contributed by atoms with Gasteiger partial charge in [0.05, 0.1) is 23.4 Å². The largest absolute Gasteiger partial charge is 0.507 e. The zero-order valence-electron chi connectivity index (χ0n) is 15.7. The molecule has 8 heteroatoms. The maximum absolute atomic E-state index is 12.4. The lowest BCUT2D eigenvalue weighted by molar-refractivity contribution is -0.135. The number of rotatable bonds is 6. The summed E-state index contributed by atoms with van der Waals surface area (Å²) in [6.07, 6.45) is 0. The van der Waals surface area contributed by atoms with Crippen molar-refractivity contribution in [2.45, 2.75) is 13.0 Å². The highest BCUT2D eigenvalue weighted by atomic mass is 32.1. The summed E-state index contributed by atoms with van der Waals surface area (Å²) in [5.74, 6) is -1.01. The van der Waals surface area contributed by atoms with E-state index in [1.54, 1.807) is 7.05 Å². The number of esters is 1. The van der Waals surface area contributed by atoms with Crippen LogP contribution in [0, 0.1) is 0 Å². The number of phenols is 1. The van der Waals surface area contributed by atoms with E-state index in [0.717, 1.165) is 15.2 Å². The summed E-state index contributed by atoms with van der Waals surface area (Å²) >= 11 is 1.52. The van der Waals surface area contributed by atoms with Gasteiger partial charge in [-0.05, 0) is 31.2 Å². The van der Waals surface area contributed by atoms with E-state index in [4.69, 9.17) is 9.47 Å². The standard InChI is InChI=1S/C20H20N2O5S/c1-12(19-21-15-6-4-5-7-17(15)28-19)22(2)18(24)11-27-20(25)14-9-8-13(26-3)10-16(14)23/h4-10,12,23H,11H2,1-3H3/t12-/m0/s1. The fraction of sp³-hybridized carbons (Fsp3) is 0.250. The van der Waals surface area contributed by atoms with E-state index >= 15 is 0 Å². The van der Waals surface area contributed by atoms with Crippen LogP contribution in [0.25, 0.3) is 10.2 Å². The first kappa shape index (κ1) is 19.6.